The molecule has 0 aliphatic heterocycles. The van der Waals surface area contributed by atoms with Crippen LogP contribution < -0.4 is 5.73 Å². The van der Waals surface area contributed by atoms with Gasteiger partial charge >= 0.3 is 0 Å². The Morgan fingerprint density at radius 2 is 1.83 bits per heavy atom. The first-order valence-electron chi connectivity index (χ1n) is 6.41. The van der Waals surface area contributed by atoms with Gasteiger partial charge in [0.25, 0.3) is 5.91 Å². The molecule has 18 heavy (non-hydrogen) atoms. The maximum atomic E-state index is 12.4. The quantitative estimate of drug-likeness (QED) is 0.871. The van der Waals surface area contributed by atoms with Gasteiger partial charge < -0.3 is 10.6 Å². The van der Waals surface area contributed by atoms with Gasteiger partial charge in [0.1, 0.15) is 5.82 Å². The molecule has 0 aliphatic carbocycles. The van der Waals surface area contributed by atoms with E-state index >= 15 is 0 Å². The number of anilines is 1. The fourth-order valence-electron chi connectivity index (χ4n) is 1.89. The van der Waals surface area contributed by atoms with Crippen molar-refractivity contribution in [1.82, 2.24) is 9.88 Å². The van der Waals surface area contributed by atoms with Crippen LogP contribution in [0, 0.1) is 11.8 Å². The van der Waals surface area contributed by atoms with Crippen LogP contribution in [0.4, 0.5) is 5.82 Å². The normalized spacial score (nSPS) is 11.0. The Labute approximate surface area is 109 Å². The summed E-state index contributed by atoms with van der Waals surface area (Å²) in [6.45, 7) is 9.90. The van der Waals surface area contributed by atoms with E-state index < -0.39 is 0 Å². The second-order valence-electron chi connectivity index (χ2n) is 5.43. The van der Waals surface area contributed by atoms with Crippen LogP contribution in [0.5, 0.6) is 0 Å². The van der Waals surface area contributed by atoms with E-state index in [1.807, 2.05) is 4.90 Å². The highest BCUT2D eigenvalue weighted by Crippen LogP contribution is 2.13. The largest absolute Gasteiger partial charge is 0.383 e. The predicted molar refractivity (Wildman–Crippen MR) is 74.2 cm³/mol. The Hall–Kier alpha value is -1.58. The van der Waals surface area contributed by atoms with Crippen LogP contribution in [0.15, 0.2) is 18.3 Å². The van der Waals surface area contributed by atoms with Crippen LogP contribution in [0.3, 0.4) is 0 Å². The van der Waals surface area contributed by atoms with Crippen molar-refractivity contribution in [3.8, 4) is 0 Å². The van der Waals surface area contributed by atoms with Crippen molar-refractivity contribution in [1.29, 1.82) is 0 Å². The van der Waals surface area contributed by atoms with Crippen LogP contribution in [0.1, 0.15) is 38.1 Å². The zero-order valence-corrected chi connectivity index (χ0v) is 11.7. The average Bonchev–Trinajstić information content (AvgIpc) is 2.26. The van der Waals surface area contributed by atoms with Gasteiger partial charge in [-0.3, -0.25) is 4.79 Å². The summed E-state index contributed by atoms with van der Waals surface area (Å²) in [5.74, 6) is 1.15. The number of nitrogen functional groups attached to an aromatic ring is 1. The number of carbonyl (C=O) groups is 1. The van der Waals surface area contributed by atoms with Crippen molar-refractivity contribution in [2.45, 2.75) is 27.7 Å². The summed E-state index contributed by atoms with van der Waals surface area (Å²) < 4.78 is 0. The molecule has 0 aromatic carbocycles. The van der Waals surface area contributed by atoms with E-state index in [1.54, 1.807) is 18.3 Å². The van der Waals surface area contributed by atoms with E-state index in [9.17, 15) is 4.79 Å². The molecule has 2 N–H and O–H groups in total. The molecule has 0 radical (unpaired) electrons. The molecule has 0 atom stereocenters. The smallest absolute Gasteiger partial charge is 0.257 e. The molecule has 0 saturated heterocycles. The van der Waals surface area contributed by atoms with E-state index in [4.69, 9.17) is 5.73 Å². The van der Waals surface area contributed by atoms with Gasteiger partial charge in [0, 0.05) is 19.3 Å². The Morgan fingerprint density at radius 3 is 2.28 bits per heavy atom. The highest BCUT2D eigenvalue weighted by molar-refractivity contribution is 5.98. The third kappa shape index (κ3) is 4.02. The van der Waals surface area contributed by atoms with Gasteiger partial charge in [-0.2, -0.15) is 0 Å². The average molecular weight is 249 g/mol. The van der Waals surface area contributed by atoms with Gasteiger partial charge in [0.15, 0.2) is 0 Å². The van der Waals surface area contributed by atoms with E-state index in [0.717, 1.165) is 13.1 Å². The Kier molecular flexibility index (Phi) is 5.13. The molecular formula is C14H23N3O. The number of nitrogens with two attached hydrogens (primary N) is 1. The number of pyridine rings is 1. The fraction of sp³-hybridized carbons (Fsp3) is 0.571. The van der Waals surface area contributed by atoms with Gasteiger partial charge in [0.2, 0.25) is 0 Å². The summed E-state index contributed by atoms with van der Waals surface area (Å²) in [7, 11) is 0. The molecule has 1 aromatic heterocycles. The molecule has 100 valence electrons. The second-order valence-corrected chi connectivity index (χ2v) is 5.43. The molecule has 0 spiro atoms. The number of nitrogens with zero attached hydrogens (tertiary/aromatic N) is 2. The minimum Gasteiger partial charge on any atom is -0.383 e. The van der Waals surface area contributed by atoms with Gasteiger partial charge in [-0.05, 0) is 24.0 Å². The lowest BCUT2D eigenvalue weighted by Gasteiger charge is -2.26. The van der Waals surface area contributed by atoms with Crippen LogP contribution in [-0.2, 0) is 0 Å². The van der Waals surface area contributed by atoms with Gasteiger partial charge in [-0.15, -0.1) is 0 Å². The number of rotatable bonds is 5. The molecule has 1 aromatic rings. The fourth-order valence-corrected chi connectivity index (χ4v) is 1.89. The SMILES string of the molecule is CC(C)CN(CC(C)C)C(=O)c1cccnc1N. The van der Waals surface area contributed by atoms with E-state index in [2.05, 4.69) is 32.7 Å². The maximum Gasteiger partial charge on any atom is 0.257 e. The maximum absolute atomic E-state index is 12.4. The van der Waals surface area contributed by atoms with Crippen molar-refractivity contribution in [2.24, 2.45) is 11.8 Å². The predicted octanol–water partition coefficient (Wildman–Crippen LogP) is 2.42. The van der Waals surface area contributed by atoms with Crippen molar-refractivity contribution < 1.29 is 4.79 Å². The summed E-state index contributed by atoms with van der Waals surface area (Å²) in [5, 5.41) is 0. The molecule has 0 saturated carbocycles. The molecule has 1 amide bonds. The van der Waals surface area contributed by atoms with Crippen molar-refractivity contribution in [3.05, 3.63) is 23.9 Å². The first-order valence-corrected chi connectivity index (χ1v) is 6.41. The molecule has 4 nitrogen and oxygen atoms in total. The molecule has 0 unspecified atom stereocenters. The standard InChI is InChI=1S/C14H23N3O/c1-10(2)8-17(9-11(3)4)14(18)12-6-5-7-16-13(12)15/h5-7,10-11H,8-9H2,1-4H3,(H2,15,16). The van der Waals surface area contributed by atoms with Crippen molar-refractivity contribution in [2.75, 3.05) is 18.8 Å². The van der Waals surface area contributed by atoms with Gasteiger partial charge in [-0.25, -0.2) is 4.98 Å². The second kappa shape index (κ2) is 6.38. The van der Waals surface area contributed by atoms with Gasteiger partial charge in [-0.1, -0.05) is 27.7 Å². The summed E-state index contributed by atoms with van der Waals surface area (Å²) in [6.07, 6.45) is 1.60. The van der Waals surface area contributed by atoms with Crippen LogP contribution >= 0.6 is 0 Å². The number of carbonyl (C=O) groups excluding carboxylic acids is 1. The van der Waals surface area contributed by atoms with Crippen LogP contribution in [0.25, 0.3) is 0 Å². The molecule has 4 heteroatoms. The molecule has 0 aliphatic rings. The Morgan fingerprint density at radius 1 is 1.28 bits per heavy atom. The van der Waals surface area contributed by atoms with E-state index in [0.29, 0.717) is 23.2 Å². The minimum atomic E-state index is -0.0250. The Bertz CT molecular complexity index is 392. The first-order chi connectivity index (χ1) is 8.41. The molecule has 0 bridgehead atoms. The van der Waals surface area contributed by atoms with Crippen molar-refractivity contribution >= 4 is 11.7 Å². The van der Waals surface area contributed by atoms with E-state index in [1.165, 1.54) is 0 Å². The first kappa shape index (κ1) is 14.5. The lowest BCUT2D eigenvalue weighted by molar-refractivity contribution is 0.0716. The number of hydrogen-bond acceptors (Lipinski definition) is 3. The summed E-state index contributed by atoms with van der Waals surface area (Å²) >= 11 is 0. The number of aromatic nitrogens is 1. The number of amides is 1. The lowest BCUT2D eigenvalue weighted by atomic mass is 10.1. The highest BCUT2D eigenvalue weighted by Gasteiger charge is 2.20. The lowest BCUT2D eigenvalue weighted by Crippen LogP contribution is -2.37. The summed E-state index contributed by atoms with van der Waals surface area (Å²) in [6, 6.07) is 3.48. The summed E-state index contributed by atoms with van der Waals surface area (Å²) in [4.78, 5) is 18.3. The monoisotopic (exact) mass is 249 g/mol. The zero-order valence-electron chi connectivity index (χ0n) is 11.7. The molecule has 1 heterocycles. The van der Waals surface area contributed by atoms with Crippen LogP contribution in [-0.4, -0.2) is 28.9 Å². The number of hydrogen-bond donors (Lipinski definition) is 1. The highest BCUT2D eigenvalue weighted by atomic mass is 16.2. The van der Waals surface area contributed by atoms with Gasteiger partial charge in [0.05, 0.1) is 5.56 Å². The van der Waals surface area contributed by atoms with Crippen molar-refractivity contribution in [3.63, 3.8) is 0 Å². The third-order valence-corrected chi connectivity index (χ3v) is 2.53. The summed E-state index contributed by atoms with van der Waals surface area (Å²) in [5.41, 5.74) is 6.26. The topological polar surface area (TPSA) is 59.2 Å². The molecular weight excluding hydrogens is 226 g/mol. The Balaban J connectivity index is 2.91. The van der Waals surface area contributed by atoms with Crippen LogP contribution in [0.2, 0.25) is 0 Å². The zero-order chi connectivity index (χ0) is 13.7. The minimum absolute atomic E-state index is 0.0250. The molecule has 1 rings (SSSR count). The van der Waals surface area contributed by atoms with E-state index in [-0.39, 0.29) is 5.91 Å². The third-order valence-electron chi connectivity index (χ3n) is 2.53. The molecule has 0 fully saturated rings.